The molecule has 0 saturated carbocycles. The van der Waals surface area contributed by atoms with Crippen LogP contribution in [0.1, 0.15) is 26.2 Å². The fraction of sp³-hybridized carbons (Fsp3) is 0.308. The number of nitrogens with one attached hydrogen (secondary N) is 1. The van der Waals surface area contributed by atoms with Crippen LogP contribution in [0.2, 0.25) is 0 Å². The molecule has 0 radical (unpaired) electrons. The molecule has 2 aliphatic heterocycles. The Morgan fingerprint density at radius 1 is 1.14 bits per heavy atom. The SMILES string of the molecule is CCC(=O)N1c2cc(Nc3ccc(-c4ccc(N5CCCC5=O)cc4)cn3)cnc2OC[C@@H]1CO. The number of anilines is 4. The normalized spacial score (nSPS) is 17.2. The van der Waals surface area contributed by atoms with Crippen molar-refractivity contribution in [2.45, 2.75) is 32.2 Å². The largest absolute Gasteiger partial charge is 0.474 e. The van der Waals surface area contributed by atoms with Crippen LogP contribution in [0.25, 0.3) is 11.1 Å². The minimum absolute atomic E-state index is 0.102. The van der Waals surface area contributed by atoms with Crippen LogP contribution in [-0.2, 0) is 9.59 Å². The zero-order valence-corrected chi connectivity index (χ0v) is 19.5. The molecule has 2 aromatic heterocycles. The zero-order valence-electron chi connectivity index (χ0n) is 19.5. The lowest BCUT2D eigenvalue weighted by molar-refractivity contribution is -0.119. The molecule has 2 aliphatic rings. The first-order chi connectivity index (χ1) is 17.1. The van der Waals surface area contributed by atoms with Gasteiger partial charge in [-0.05, 0) is 42.3 Å². The number of aliphatic hydroxyl groups is 1. The third kappa shape index (κ3) is 4.54. The summed E-state index contributed by atoms with van der Waals surface area (Å²) in [5.41, 5.74) is 4.07. The highest BCUT2D eigenvalue weighted by Gasteiger charge is 2.32. The summed E-state index contributed by atoms with van der Waals surface area (Å²) in [5, 5.41) is 12.9. The molecule has 2 amide bonds. The third-order valence-electron chi connectivity index (χ3n) is 6.27. The molecule has 3 aromatic rings. The molecule has 9 heteroatoms. The second-order valence-electron chi connectivity index (χ2n) is 8.57. The van der Waals surface area contributed by atoms with Crippen LogP contribution in [0.3, 0.4) is 0 Å². The number of aliphatic hydroxyl groups excluding tert-OH is 1. The number of rotatable bonds is 6. The Hall–Kier alpha value is -3.98. The van der Waals surface area contributed by atoms with E-state index in [9.17, 15) is 14.7 Å². The highest BCUT2D eigenvalue weighted by molar-refractivity contribution is 5.96. The number of fused-ring (bicyclic) bond motifs is 1. The summed E-state index contributed by atoms with van der Waals surface area (Å²) in [7, 11) is 0. The van der Waals surface area contributed by atoms with Crippen molar-refractivity contribution in [1.29, 1.82) is 0 Å². The van der Waals surface area contributed by atoms with Gasteiger partial charge in [-0.3, -0.25) is 14.5 Å². The first-order valence-corrected chi connectivity index (χ1v) is 11.8. The van der Waals surface area contributed by atoms with Crippen molar-refractivity contribution in [2.75, 3.05) is 34.9 Å². The van der Waals surface area contributed by atoms with Gasteiger partial charge in [-0.25, -0.2) is 9.97 Å². The lowest BCUT2D eigenvalue weighted by Gasteiger charge is -2.35. The summed E-state index contributed by atoms with van der Waals surface area (Å²) in [5.74, 6) is 1.06. The molecular formula is C26H27N5O4. The zero-order chi connectivity index (χ0) is 24.4. The Kier molecular flexibility index (Phi) is 6.33. The molecule has 1 aromatic carbocycles. The molecule has 9 nitrogen and oxygen atoms in total. The van der Waals surface area contributed by atoms with E-state index in [4.69, 9.17) is 4.74 Å². The summed E-state index contributed by atoms with van der Waals surface area (Å²) in [4.78, 5) is 36.7. The number of hydrogen-bond donors (Lipinski definition) is 2. The van der Waals surface area contributed by atoms with E-state index in [-0.39, 0.29) is 25.0 Å². The first kappa shape index (κ1) is 22.8. The van der Waals surface area contributed by atoms with Crippen molar-refractivity contribution in [1.82, 2.24) is 9.97 Å². The van der Waals surface area contributed by atoms with E-state index in [0.29, 0.717) is 35.9 Å². The van der Waals surface area contributed by atoms with Crippen LogP contribution in [0, 0.1) is 0 Å². The number of hydrogen-bond acceptors (Lipinski definition) is 7. The second-order valence-corrected chi connectivity index (χ2v) is 8.57. The Balaban J connectivity index is 1.32. The maximum absolute atomic E-state index is 12.5. The fourth-order valence-corrected chi connectivity index (χ4v) is 4.42. The quantitative estimate of drug-likeness (QED) is 0.564. The summed E-state index contributed by atoms with van der Waals surface area (Å²) in [6, 6.07) is 13.1. The minimum atomic E-state index is -0.445. The Morgan fingerprint density at radius 3 is 2.60 bits per heavy atom. The van der Waals surface area contributed by atoms with Gasteiger partial charge in [0.1, 0.15) is 18.1 Å². The average Bonchev–Trinajstić information content (AvgIpc) is 3.33. The minimum Gasteiger partial charge on any atom is -0.474 e. The highest BCUT2D eigenvalue weighted by atomic mass is 16.5. The van der Waals surface area contributed by atoms with E-state index in [1.165, 1.54) is 0 Å². The van der Waals surface area contributed by atoms with Gasteiger partial charge in [-0.15, -0.1) is 0 Å². The third-order valence-corrected chi connectivity index (χ3v) is 6.27. The van der Waals surface area contributed by atoms with Crippen LogP contribution < -0.4 is 19.9 Å². The number of benzene rings is 1. The number of carbonyl (C=O) groups excluding carboxylic acids is 2. The molecule has 1 saturated heterocycles. The molecule has 180 valence electrons. The van der Waals surface area contributed by atoms with Crippen LogP contribution in [0.15, 0.2) is 54.9 Å². The predicted octanol–water partition coefficient (Wildman–Crippen LogP) is 3.51. The topological polar surface area (TPSA) is 108 Å². The molecule has 0 unspecified atom stereocenters. The molecule has 0 bridgehead atoms. The van der Waals surface area contributed by atoms with Crippen LogP contribution in [0.5, 0.6) is 5.88 Å². The summed E-state index contributed by atoms with van der Waals surface area (Å²) >= 11 is 0. The van der Waals surface area contributed by atoms with Gasteiger partial charge in [0, 0.05) is 36.8 Å². The van der Waals surface area contributed by atoms with Gasteiger partial charge in [0.25, 0.3) is 0 Å². The standard InChI is InChI=1S/C26H27N5O4/c1-2-24(33)31-21(15-32)16-35-26-22(31)12-19(14-28-26)29-23-10-7-18(13-27-23)17-5-8-20(9-6-17)30-11-3-4-25(30)34/h5-10,12-14,21,32H,2-4,11,15-16H2,1H3,(H,27,29)/t21-/m0/s1. The Bertz CT molecular complexity index is 1230. The van der Waals surface area contributed by atoms with Crippen molar-refractivity contribution < 1.29 is 19.4 Å². The van der Waals surface area contributed by atoms with Crippen molar-refractivity contribution in [3.05, 3.63) is 54.9 Å². The van der Waals surface area contributed by atoms with Crippen LogP contribution >= 0.6 is 0 Å². The average molecular weight is 474 g/mol. The molecule has 4 heterocycles. The fourth-order valence-electron chi connectivity index (χ4n) is 4.42. The number of ether oxygens (including phenoxy) is 1. The monoisotopic (exact) mass is 473 g/mol. The van der Waals surface area contributed by atoms with Crippen molar-refractivity contribution in [2.24, 2.45) is 0 Å². The Morgan fingerprint density at radius 2 is 1.94 bits per heavy atom. The number of amides is 2. The van der Waals surface area contributed by atoms with Crippen molar-refractivity contribution in [3.8, 4) is 17.0 Å². The number of aromatic nitrogens is 2. The molecular weight excluding hydrogens is 446 g/mol. The summed E-state index contributed by atoms with van der Waals surface area (Å²) in [6.45, 7) is 2.57. The van der Waals surface area contributed by atoms with Gasteiger partial charge in [0.2, 0.25) is 17.7 Å². The molecule has 35 heavy (non-hydrogen) atoms. The van der Waals surface area contributed by atoms with Gasteiger partial charge in [-0.1, -0.05) is 19.1 Å². The number of nitrogens with zero attached hydrogens (tertiary/aromatic N) is 4. The Labute approximate surface area is 203 Å². The van der Waals surface area contributed by atoms with E-state index in [1.54, 1.807) is 30.3 Å². The predicted molar refractivity (Wildman–Crippen MR) is 133 cm³/mol. The van der Waals surface area contributed by atoms with Gasteiger partial charge < -0.3 is 20.1 Å². The maximum Gasteiger partial charge on any atom is 0.238 e. The molecule has 0 spiro atoms. The van der Waals surface area contributed by atoms with E-state index in [2.05, 4.69) is 15.3 Å². The molecule has 0 aliphatic carbocycles. The smallest absolute Gasteiger partial charge is 0.238 e. The van der Waals surface area contributed by atoms with Gasteiger partial charge >= 0.3 is 0 Å². The number of pyridine rings is 2. The van der Waals surface area contributed by atoms with Crippen molar-refractivity contribution >= 4 is 34.7 Å². The van der Waals surface area contributed by atoms with Crippen molar-refractivity contribution in [3.63, 3.8) is 0 Å². The first-order valence-electron chi connectivity index (χ1n) is 11.8. The maximum atomic E-state index is 12.5. The summed E-state index contributed by atoms with van der Waals surface area (Å²) < 4.78 is 5.64. The van der Waals surface area contributed by atoms with E-state index < -0.39 is 6.04 Å². The lowest BCUT2D eigenvalue weighted by atomic mass is 10.1. The van der Waals surface area contributed by atoms with Gasteiger partial charge in [0.15, 0.2) is 0 Å². The number of carbonyl (C=O) groups is 2. The highest BCUT2D eigenvalue weighted by Crippen LogP contribution is 2.35. The van der Waals surface area contributed by atoms with E-state index >= 15 is 0 Å². The van der Waals surface area contributed by atoms with Gasteiger partial charge in [-0.2, -0.15) is 0 Å². The van der Waals surface area contributed by atoms with Gasteiger partial charge in [0.05, 0.1) is 24.5 Å². The molecule has 1 atom stereocenters. The molecule has 5 rings (SSSR count). The van der Waals surface area contributed by atoms with Crippen LogP contribution in [-0.4, -0.2) is 52.7 Å². The molecule has 2 N–H and O–H groups in total. The van der Waals surface area contributed by atoms with E-state index in [1.807, 2.05) is 41.3 Å². The van der Waals surface area contributed by atoms with E-state index in [0.717, 1.165) is 29.8 Å². The van der Waals surface area contributed by atoms with Crippen LogP contribution in [0.4, 0.5) is 22.9 Å². The lowest BCUT2D eigenvalue weighted by Crippen LogP contribution is -2.48. The molecule has 1 fully saturated rings. The second kappa shape index (κ2) is 9.71. The summed E-state index contributed by atoms with van der Waals surface area (Å²) in [6.07, 6.45) is 5.23.